The summed E-state index contributed by atoms with van der Waals surface area (Å²) in [4.78, 5) is 30.4. The zero-order chi connectivity index (χ0) is 20.9. The number of methoxy groups -OCH3 is 1. The average molecular weight is 404 g/mol. The van der Waals surface area contributed by atoms with Gasteiger partial charge < -0.3 is 10.1 Å². The Balaban J connectivity index is 0.000000583. The van der Waals surface area contributed by atoms with E-state index >= 15 is 0 Å². The Bertz CT molecular complexity index is 795. The lowest BCUT2D eigenvalue weighted by Gasteiger charge is -2.09. The fraction of sp³-hybridized carbons (Fsp3) is 0.333. The monoisotopic (exact) mass is 403 g/mol. The molecule has 0 saturated heterocycles. The standard InChI is InChI=1S/C17H16ClN3O.C2H4O2.C2H6/c1-2-5-15-17(22)21-13-8-7-11(18)10-12(13)16(20-15)14-6-3-4-9-19-14;1-4-2-3;1-2/h3-4,6-10,15H,2,5H2,1H3,(H,21,22);2H,1H3;1-2H3/t15-;;/m0../s1. The number of ether oxygens (including phenoxy) is 1. The summed E-state index contributed by atoms with van der Waals surface area (Å²) in [6, 6.07) is 10.6. The van der Waals surface area contributed by atoms with Crippen LogP contribution in [0, 0.1) is 0 Å². The summed E-state index contributed by atoms with van der Waals surface area (Å²) in [5.74, 6) is -0.0867. The molecule has 0 fully saturated rings. The fourth-order valence-electron chi connectivity index (χ4n) is 2.50. The summed E-state index contributed by atoms with van der Waals surface area (Å²) in [6.07, 6.45) is 3.30. The maximum Gasteiger partial charge on any atom is 0.292 e. The quantitative estimate of drug-likeness (QED) is 0.761. The summed E-state index contributed by atoms with van der Waals surface area (Å²) in [6.45, 7) is 6.41. The van der Waals surface area contributed by atoms with Crippen LogP contribution in [0.5, 0.6) is 0 Å². The van der Waals surface area contributed by atoms with E-state index in [1.54, 1.807) is 12.3 Å². The lowest BCUT2D eigenvalue weighted by atomic mass is 10.0. The van der Waals surface area contributed by atoms with Crippen molar-refractivity contribution in [3.63, 3.8) is 0 Å². The van der Waals surface area contributed by atoms with Crippen molar-refractivity contribution in [3.8, 4) is 0 Å². The third-order valence-corrected chi connectivity index (χ3v) is 3.88. The first-order valence-electron chi connectivity index (χ1n) is 9.17. The van der Waals surface area contributed by atoms with Crippen LogP contribution in [0.4, 0.5) is 5.69 Å². The summed E-state index contributed by atoms with van der Waals surface area (Å²) in [5, 5.41) is 3.55. The molecule has 3 rings (SSSR count). The molecule has 0 radical (unpaired) electrons. The molecule has 0 unspecified atom stereocenters. The van der Waals surface area contributed by atoms with Crippen molar-refractivity contribution in [3.05, 3.63) is 58.9 Å². The first kappa shape index (κ1) is 23.3. The predicted molar refractivity (Wildman–Crippen MR) is 113 cm³/mol. The van der Waals surface area contributed by atoms with Gasteiger partial charge in [-0.15, -0.1) is 0 Å². The van der Waals surface area contributed by atoms with Gasteiger partial charge in [-0.1, -0.05) is 44.9 Å². The second-order valence-corrected chi connectivity index (χ2v) is 5.94. The number of aromatic nitrogens is 1. The zero-order valence-electron chi connectivity index (χ0n) is 16.6. The summed E-state index contributed by atoms with van der Waals surface area (Å²) >= 11 is 6.13. The van der Waals surface area contributed by atoms with Crippen LogP contribution >= 0.6 is 11.6 Å². The molecule has 150 valence electrons. The van der Waals surface area contributed by atoms with Gasteiger partial charge in [0.05, 0.1) is 24.2 Å². The fourth-order valence-corrected chi connectivity index (χ4v) is 2.67. The van der Waals surface area contributed by atoms with E-state index in [1.165, 1.54) is 7.11 Å². The van der Waals surface area contributed by atoms with E-state index in [9.17, 15) is 4.79 Å². The number of rotatable bonds is 4. The van der Waals surface area contributed by atoms with Crippen LogP contribution in [0.25, 0.3) is 0 Å². The molecule has 1 amide bonds. The maximum absolute atomic E-state index is 12.4. The molecule has 1 aromatic heterocycles. The number of benzodiazepines with no additional fused rings is 1. The highest BCUT2D eigenvalue weighted by Crippen LogP contribution is 2.27. The summed E-state index contributed by atoms with van der Waals surface area (Å²) in [5.41, 5.74) is 2.97. The number of anilines is 1. The third-order valence-electron chi connectivity index (χ3n) is 3.65. The number of nitrogens with one attached hydrogen (secondary N) is 1. The van der Waals surface area contributed by atoms with E-state index in [-0.39, 0.29) is 5.91 Å². The van der Waals surface area contributed by atoms with Gasteiger partial charge in [0.15, 0.2) is 0 Å². The summed E-state index contributed by atoms with van der Waals surface area (Å²) in [7, 11) is 1.31. The SMILES string of the molecule is CC.CCC[C@@H]1N=C(c2ccccn2)c2cc(Cl)ccc2NC1=O.COC=O. The van der Waals surface area contributed by atoms with Gasteiger partial charge in [0.2, 0.25) is 5.91 Å². The molecule has 1 aliphatic rings. The van der Waals surface area contributed by atoms with Gasteiger partial charge in [0, 0.05) is 16.8 Å². The van der Waals surface area contributed by atoms with Gasteiger partial charge in [-0.3, -0.25) is 19.6 Å². The highest BCUT2D eigenvalue weighted by atomic mass is 35.5. The number of carbonyl (C=O) groups excluding carboxylic acids is 2. The molecule has 0 bridgehead atoms. The molecular formula is C21H26ClN3O3. The number of aliphatic imine (C=N–C) groups is 1. The second kappa shape index (κ2) is 12.6. The first-order chi connectivity index (χ1) is 13.6. The molecule has 1 N–H and O–H groups in total. The van der Waals surface area contributed by atoms with Crippen molar-refractivity contribution < 1.29 is 14.3 Å². The van der Waals surface area contributed by atoms with E-state index < -0.39 is 6.04 Å². The second-order valence-electron chi connectivity index (χ2n) is 5.51. The van der Waals surface area contributed by atoms with E-state index in [4.69, 9.17) is 16.4 Å². The Morgan fingerprint density at radius 2 is 1.96 bits per heavy atom. The lowest BCUT2D eigenvalue weighted by Crippen LogP contribution is -2.25. The molecule has 1 aromatic carbocycles. The van der Waals surface area contributed by atoms with Crippen LogP contribution < -0.4 is 5.32 Å². The molecule has 2 heterocycles. The Kier molecular flexibility index (Phi) is 10.5. The molecule has 2 aromatic rings. The number of halogens is 1. The van der Waals surface area contributed by atoms with Gasteiger partial charge in [0.25, 0.3) is 6.47 Å². The van der Waals surface area contributed by atoms with Crippen LogP contribution in [0.2, 0.25) is 5.02 Å². The van der Waals surface area contributed by atoms with Crippen LogP contribution in [-0.2, 0) is 14.3 Å². The lowest BCUT2D eigenvalue weighted by molar-refractivity contribution is -0.126. The number of amides is 1. The topological polar surface area (TPSA) is 80.7 Å². The predicted octanol–water partition coefficient (Wildman–Crippen LogP) is 4.51. The molecule has 0 saturated carbocycles. The van der Waals surface area contributed by atoms with Crippen LogP contribution in [-0.4, -0.2) is 36.2 Å². The van der Waals surface area contributed by atoms with Gasteiger partial charge in [-0.2, -0.15) is 0 Å². The molecule has 6 nitrogen and oxygen atoms in total. The highest BCUT2D eigenvalue weighted by molar-refractivity contribution is 6.31. The van der Waals surface area contributed by atoms with Crippen LogP contribution in [0.1, 0.15) is 44.9 Å². The minimum Gasteiger partial charge on any atom is -0.471 e. The first-order valence-corrected chi connectivity index (χ1v) is 9.55. The number of pyridine rings is 1. The van der Waals surface area contributed by atoms with Gasteiger partial charge in [-0.25, -0.2) is 0 Å². The molecule has 28 heavy (non-hydrogen) atoms. The highest BCUT2D eigenvalue weighted by Gasteiger charge is 2.25. The van der Waals surface area contributed by atoms with Crippen LogP contribution in [0.3, 0.4) is 0 Å². The molecule has 0 spiro atoms. The number of hydrogen-bond acceptors (Lipinski definition) is 5. The van der Waals surface area contributed by atoms with Crippen molar-refractivity contribution >= 4 is 35.4 Å². The number of fused-ring (bicyclic) bond motifs is 1. The normalized spacial score (nSPS) is 14.5. The van der Waals surface area contributed by atoms with E-state index in [1.807, 2.05) is 51.1 Å². The smallest absolute Gasteiger partial charge is 0.292 e. The maximum atomic E-state index is 12.4. The van der Waals surface area contributed by atoms with E-state index in [0.29, 0.717) is 23.6 Å². The Morgan fingerprint density at radius 1 is 1.25 bits per heavy atom. The number of carbonyl (C=O) groups is 2. The zero-order valence-corrected chi connectivity index (χ0v) is 17.4. The Morgan fingerprint density at radius 3 is 2.54 bits per heavy atom. The minimum atomic E-state index is -0.409. The summed E-state index contributed by atoms with van der Waals surface area (Å²) < 4.78 is 3.86. The molecule has 1 atom stereocenters. The van der Waals surface area contributed by atoms with Crippen molar-refractivity contribution in [1.82, 2.24) is 4.98 Å². The number of benzene rings is 1. The van der Waals surface area contributed by atoms with Crippen molar-refractivity contribution in [2.24, 2.45) is 4.99 Å². The number of nitrogens with zero attached hydrogens (tertiary/aromatic N) is 2. The van der Waals surface area contributed by atoms with Crippen molar-refractivity contribution in [1.29, 1.82) is 0 Å². The number of hydrogen-bond donors (Lipinski definition) is 1. The largest absolute Gasteiger partial charge is 0.471 e. The Labute approximate surface area is 171 Å². The molecular weight excluding hydrogens is 378 g/mol. The van der Waals surface area contributed by atoms with E-state index in [0.717, 1.165) is 23.4 Å². The van der Waals surface area contributed by atoms with E-state index in [2.05, 4.69) is 20.0 Å². The molecule has 1 aliphatic heterocycles. The van der Waals surface area contributed by atoms with Crippen LogP contribution in [0.15, 0.2) is 47.6 Å². The van der Waals surface area contributed by atoms with Gasteiger partial charge in [0.1, 0.15) is 6.04 Å². The van der Waals surface area contributed by atoms with Crippen molar-refractivity contribution in [2.75, 3.05) is 12.4 Å². The van der Waals surface area contributed by atoms with Crippen molar-refractivity contribution in [2.45, 2.75) is 39.7 Å². The van der Waals surface area contributed by atoms with Gasteiger partial charge >= 0.3 is 0 Å². The molecule has 0 aliphatic carbocycles. The third kappa shape index (κ3) is 6.46. The average Bonchev–Trinajstić information content (AvgIpc) is 2.87. The molecule has 7 heteroatoms. The Hall–Kier alpha value is -2.73. The van der Waals surface area contributed by atoms with Gasteiger partial charge in [-0.05, 0) is 36.8 Å². The minimum absolute atomic E-state index is 0.0867.